The van der Waals surface area contributed by atoms with Gasteiger partial charge in [0.2, 0.25) is 0 Å². The number of aryl methyl sites for hydroxylation is 1. The van der Waals surface area contributed by atoms with E-state index in [1.54, 1.807) is 24.4 Å². The molecule has 0 bridgehead atoms. The molecule has 21 heavy (non-hydrogen) atoms. The highest BCUT2D eigenvalue weighted by molar-refractivity contribution is 7.92. The zero-order valence-electron chi connectivity index (χ0n) is 12.5. The Morgan fingerprint density at radius 3 is 2.29 bits per heavy atom. The number of rotatable bonds is 5. The minimum atomic E-state index is -3.58. The van der Waals surface area contributed by atoms with Crippen LogP contribution in [0.15, 0.2) is 47.5 Å². The van der Waals surface area contributed by atoms with Gasteiger partial charge in [-0.1, -0.05) is 32.0 Å². The molecule has 112 valence electrons. The van der Waals surface area contributed by atoms with E-state index in [-0.39, 0.29) is 4.90 Å². The first-order valence-corrected chi connectivity index (χ1v) is 8.39. The number of sulfonamides is 1. The lowest BCUT2D eigenvalue weighted by Gasteiger charge is -2.09. The lowest BCUT2D eigenvalue weighted by atomic mass is 10.0. The molecule has 0 saturated carbocycles. The Labute approximate surface area is 126 Å². The molecule has 0 saturated heterocycles. The Morgan fingerprint density at radius 1 is 1.10 bits per heavy atom. The number of nitrogens with zero attached hydrogens (tertiary/aromatic N) is 1. The summed E-state index contributed by atoms with van der Waals surface area (Å²) < 4.78 is 27.0. The summed E-state index contributed by atoms with van der Waals surface area (Å²) in [6, 6.07) is 10.5. The van der Waals surface area contributed by atoms with Crippen molar-refractivity contribution in [3.8, 4) is 0 Å². The molecule has 0 radical (unpaired) electrons. The van der Waals surface area contributed by atoms with Crippen LogP contribution >= 0.6 is 0 Å². The molecule has 0 fully saturated rings. The Hall–Kier alpha value is -1.88. The zero-order chi connectivity index (χ0) is 15.5. The predicted molar refractivity (Wildman–Crippen MR) is 84.8 cm³/mol. The van der Waals surface area contributed by atoms with Crippen LogP contribution in [-0.2, 0) is 16.4 Å². The van der Waals surface area contributed by atoms with Crippen LogP contribution in [0.3, 0.4) is 0 Å². The van der Waals surface area contributed by atoms with Crippen LogP contribution in [0, 0.1) is 12.8 Å². The normalized spacial score (nSPS) is 11.6. The second kappa shape index (κ2) is 6.26. The highest BCUT2D eigenvalue weighted by atomic mass is 32.2. The molecule has 2 aromatic rings. The van der Waals surface area contributed by atoms with Crippen LogP contribution < -0.4 is 4.72 Å². The fourth-order valence-corrected chi connectivity index (χ4v) is 3.01. The summed E-state index contributed by atoms with van der Waals surface area (Å²) in [7, 11) is -3.58. The van der Waals surface area contributed by atoms with E-state index in [0.717, 1.165) is 17.5 Å². The number of hydrogen-bond donors (Lipinski definition) is 1. The first-order chi connectivity index (χ1) is 9.87. The number of benzene rings is 1. The van der Waals surface area contributed by atoms with Gasteiger partial charge in [0.25, 0.3) is 10.0 Å². The van der Waals surface area contributed by atoms with Crippen molar-refractivity contribution in [2.45, 2.75) is 32.1 Å². The third-order valence-electron chi connectivity index (χ3n) is 3.03. The van der Waals surface area contributed by atoms with E-state index in [1.807, 2.05) is 25.1 Å². The molecule has 1 aromatic carbocycles. The Bertz CT molecular complexity index is 690. The van der Waals surface area contributed by atoms with Crippen molar-refractivity contribution in [2.24, 2.45) is 5.92 Å². The molecular formula is C16H20N2O2S. The first-order valence-electron chi connectivity index (χ1n) is 6.91. The fraction of sp³-hybridized carbons (Fsp3) is 0.312. The SMILES string of the molecule is Cc1ccc(NS(=O)(=O)c2ccc(CC(C)C)cc2)nc1. The molecule has 2 rings (SSSR count). The highest BCUT2D eigenvalue weighted by Crippen LogP contribution is 2.16. The minimum absolute atomic E-state index is 0.248. The molecule has 0 aliphatic heterocycles. The summed E-state index contributed by atoms with van der Waals surface area (Å²) in [4.78, 5) is 4.30. The molecular weight excluding hydrogens is 284 g/mol. The van der Waals surface area contributed by atoms with Gasteiger partial charge in [-0.05, 0) is 48.6 Å². The Balaban J connectivity index is 2.17. The lowest BCUT2D eigenvalue weighted by Crippen LogP contribution is -2.14. The molecule has 1 N–H and O–H groups in total. The van der Waals surface area contributed by atoms with E-state index in [9.17, 15) is 8.42 Å². The molecule has 4 nitrogen and oxygen atoms in total. The maximum Gasteiger partial charge on any atom is 0.263 e. The van der Waals surface area contributed by atoms with Crippen LogP contribution in [0.4, 0.5) is 5.82 Å². The summed E-state index contributed by atoms with van der Waals surface area (Å²) >= 11 is 0. The molecule has 1 aromatic heterocycles. The van der Waals surface area contributed by atoms with Crippen molar-refractivity contribution in [1.29, 1.82) is 0 Å². The van der Waals surface area contributed by atoms with Crippen molar-refractivity contribution >= 4 is 15.8 Å². The van der Waals surface area contributed by atoms with Crippen LogP contribution in [0.5, 0.6) is 0 Å². The molecule has 5 heteroatoms. The number of pyridine rings is 1. The quantitative estimate of drug-likeness (QED) is 0.921. The Kier molecular flexibility index (Phi) is 4.63. The molecule has 0 unspecified atom stereocenters. The standard InChI is InChI=1S/C16H20N2O2S/c1-12(2)10-14-5-7-15(8-6-14)21(19,20)18-16-9-4-13(3)11-17-16/h4-9,11-12H,10H2,1-3H3,(H,17,18). The summed E-state index contributed by atoms with van der Waals surface area (Å²) in [5.41, 5.74) is 2.12. The molecule has 0 amide bonds. The van der Waals surface area contributed by atoms with Gasteiger partial charge in [-0.15, -0.1) is 0 Å². The van der Waals surface area contributed by atoms with E-state index < -0.39 is 10.0 Å². The smallest absolute Gasteiger partial charge is 0.263 e. The number of anilines is 1. The van der Waals surface area contributed by atoms with Crippen molar-refractivity contribution < 1.29 is 8.42 Å². The van der Waals surface area contributed by atoms with E-state index in [0.29, 0.717) is 11.7 Å². The number of nitrogens with one attached hydrogen (secondary N) is 1. The maximum atomic E-state index is 12.3. The Morgan fingerprint density at radius 2 is 1.76 bits per heavy atom. The van der Waals surface area contributed by atoms with E-state index in [2.05, 4.69) is 23.6 Å². The fourth-order valence-electron chi connectivity index (χ4n) is 2.00. The van der Waals surface area contributed by atoms with Gasteiger partial charge in [-0.25, -0.2) is 13.4 Å². The van der Waals surface area contributed by atoms with Crippen LogP contribution in [0.2, 0.25) is 0 Å². The second-order valence-electron chi connectivity index (χ2n) is 5.57. The topological polar surface area (TPSA) is 59.1 Å². The second-order valence-corrected chi connectivity index (χ2v) is 7.25. The van der Waals surface area contributed by atoms with Crippen LogP contribution in [-0.4, -0.2) is 13.4 Å². The van der Waals surface area contributed by atoms with E-state index in [4.69, 9.17) is 0 Å². The van der Waals surface area contributed by atoms with Gasteiger partial charge in [0.15, 0.2) is 0 Å². The average Bonchev–Trinajstić information content (AvgIpc) is 2.41. The monoisotopic (exact) mass is 304 g/mol. The number of hydrogen-bond acceptors (Lipinski definition) is 3. The van der Waals surface area contributed by atoms with Crippen LogP contribution in [0.25, 0.3) is 0 Å². The molecule has 0 spiro atoms. The molecule has 0 aliphatic carbocycles. The summed E-state index contributed by atoms with van der Waals surface area (Å²) in [5, 5.41) is 0. The summed E-state index contributed by atoms with van der Waals surface area (Å²) in [6.45, 7) is 6.17. The van der Waals surface area contributed by atoms with Gasteiger partial charge in [-0.3, -0.25) is 4.72 Å². The average molecular weight is 304 g/mol. The third-order valence-corrected chi connectivity index (χ3v) is 4.40. The van der Waals surface area contributed by atoms with Gasteiger partial charge < -0.3 is 0 Å². The predicted octanol–water partition coefficient (Wildman–Crippen LogP) is 3.39. The van der Waals surface area contributed by atoms with Crippen molar-refractivity contribution in [2.75, 3.05) is 4.72 Å². The van der Waals surface area contributed by atoms with E-state index >= 15 is 0 Å². The van der Waals surface area contributed by atoms with Gasteiger partial charge in [-0.2, -0.15) is 0 Å². The van der Waals surface area contributed by atoms with Crippen molar-refractivity contribution in [1.82, 2.24) is 4.98 Å². The van der Waals surface area contributed by atoms with E-state index in [1.165, 1.54) is 0 Å². The number of aromatic nitrogens is 1. The zero-order valence-corrected chi connectivity index (χ0v) is 13.3. The summed E-state index contributed by atoms with van der Waals surface area (Å²) in [6.07, 6.45) is 2.57. The van der Waals surface area contributed by atoms with Crippen LogP contribution in [0.1, 0.15) is 25.0 Å². The van der Waals surface area contributed by atoms with Gasteiger partial charge in [0.1, 0.15) is 5.82 Å². The lowest BCUT2D eigenvalue weighted by molar-refractivity contribution is 0.601. The van der Waals surface area contributed by atoms with Gasteiger partial charge in [0.05, 0.1) is 4.90 Å². The molecule has 0 atom stereocenters. The molecule has 1 heterocycles. The van der Waals surface area contributed by atoms with Crippen molar-refractivity contribution in [3.63, 3.8) is 0 Å². The van der Waals surface area contributed by atoms with Gasteiger partial charge >= 0.3 is 0 Å². The first kappa shape index (κ1) is 15.5. The summed E-state index contributed by atoms with van der Waals surface area (Å²) in [5.74, 6) is 0.870. The third kappa shape index (κ3) is 4.29. The largest absolute Gasteiger partial charge is 0.263 e. The van der Waals surface area contributed by atoms with Gasteiger partial charge in [0, 0.05) is 6.20 Å². The minimum Gasteiger partial charge on any atom is -0.263 e. The highest BCUT2D eigenvalue weighted by Gasteiger charge is 2.14. The van der Waals surface area contributed by atoms with Crippen molar-refractivity contribution in [3.05, 3.63) is 53.7 Å². The maximum absolute atomic E-state index is 12.3. The molecule has 0 aliphatic rings.